The zero-order chi connectivity index (χ0) is 14.8. The van der Waals surface area contributed by atoms with Crippen LogP contribution in [-0.4, -0.2) is 17.7 Å². The Kier molecular flexibility index (Phi) is 3.91. The lowest BCUT2D eigenvalue weighted by molar-refractivity contribution is -0.388. The average Bonchev–Trinajstić information content (AvgIpc) is 2.23. The normalized spacial score (nSPS) is 12.3. The van der Waals surface area contributed by atoms with Crippen LogP contribution in [0.5, 0.6) is 5.75 Å². The van der Waals surface area contributed by atoms with E-state index in [2.05, 4.69) is 4.74 Å². The molecule has 4 nitrogen and oxygen atoms in total. The molecule has 0 bridgehead atoms. The molecule has 19 heavy (non-hydrogen) atoms. The summed E-state index contributed by atoms with van der Waals surface area (Å²) in [5.74, 6) is -1.24. The van der Waals surface area contributed by atoms with Gasteiger partial charge in [-0.05, 0) is 6.07 Å². The first-order valence-electron chi connectivity index (χ1n) is 4.56. The summed E-state index contributed by atoms with van der Waals surface area (Å²) in [4.78, 5) is 9.11. The van der Waals surface area contributed by atoms with Gasteiger partial charge in [0.1, 0.15) is 5.75 Å². The highest BCUT2D eigenvalue weighted by atomic mass is 19.4. The fourth-order valence-corrected chi connectivity index (χ4v) is 1.24. The third-order valence-corrected chi connectivity index (χ3v) is 1.88. The van der Waals surface area contributed by atoms with Gasteiger partial charge in [0.05, 0.1) is 4.92 Å². The van der Waals surface area contributed by atoms with Crippen molar-refractivity contribution in [2.24, 2.45) is 0 Å². The predicted octanol–water partition coefficient (Wildman–Crippen LogP) is 3.55. The summed E-state index contributed by atoms with van der Waals surface area (Å²) in [7, 11) is 0. The van der Waals surface area contributed by atoms with Gasteiger partial charge in [-0.1, -0.05) is 6.07 Å². The predicted molar refractivity (Wildman–Crippen MR) is 49.6 cm³/mol. The number of nitro groups is 1. The lowest BCUT2D eigenvalue weighted by atomic mass is 10.1. The molecular formula is C9H5F6NO3. The summed E-state index contributed by atoms with van der Waals surface area (Å²) in [6.07, 6.45) is -10.1. The molecule has 0 saturated heterocycles. The highest BCUT2D eigenvalue weighted by Crippen LogP contribution is 2.42. The second kappa shape index (κ2) is 4.94. The Labute approximate surface area is 101 Å². The van der Waals surface area contributed by atoms with Crippen LogP contribution < -0.4 is 4.74 Å². The Morgan fingerprint density at radius 1 is 1.16 bits per heavy atom. The monoisotopic (exact) mass is 289 g/mol. The van der Waals surface area contributed by atoms with E-state index in [0.29, 0.717) is 12.1 Å². The van der Waals surface area contributed by atoms with Crippen molar-refractivity contribution < 1.29 is 36.0 Å². The third-order valence-electron chi connectivity index (χ3n) is 1.88. The number of nitro benzene ring substituents is 1. The van der Waals surface area contributed by atoms with Gasteiger partial charge in [-0.3, -0.25) is 10.1 Å². The van der Waals surface area contributed by atoms with Gasteiger partial charge in [-0.15, -0.1) is 0 Å². The van der Waals surface area contributed by atoms with Crippen molar-refractivity contribution in [3.05, 3.63) is 33.9 Å². The molecule has 0 saturated carbocycles. The standard InChI is InChI=1S/C9H5F6NO3/c10-8(11,12)4-19-6-3-1-2-5(16(17)18)7(6)9(13,14)15/h1-3H,4H2. The van der Waals surface area contributed by atoms with E-state index < -0.39 is 40.9 Å². The Bertz CT molecular complexity index is 482. The van der Waals surface area contributed by atoms with Gasteiger partial charge in [-0.25, -0.2) is 0 Å². The first-order chi connectivity index (χ1) is 8.52. The van der Waals surface area contributed by atoms with Crippen LogP contribution in [0.2, 0.25) is 0 Å². The van der Waals surface area contributed by atoms with Gasteiger partial charge >= 0.3 is 12.4 Å². The Hall–Kier alpha value is -2.00. The van der Waals surface area contributed by atoms with Gasteiger partial charge in [0.2, 0.25) is 0 Å². The molecule has 0 fully saturated rings. The van der Waals surface area contributed by atoms with Crippen LogP contribution in [0.3, 0.4) is 0 Å². The number of hydrogen-bond donors (Lipinski definition) is 0. The molecule has 1 rings (SSSR count). The van der Waals surface area contributed by atoms with Crippen molar-refractivity contribution in [2.75, 3.05) is 6.61 Å². The molecule has 0 aliphatic rings. The summed E-state index contributed by atoms with van der Waals surface area (Å²) in [6.45, 7) is -1.97. The zero-order valence-electron chi connectivity index (χ0n) is 8.88. The third kappa shape index (κ3) is 4.00. The topological polar surface area (TPSA) is 52.4 Å². The van der Waals surface area contributed by atoms with Gasteiger partial charge in [-0.2, -0.15) is 26.3 Å². The van der Waals surface area contributed by atoms with Crippen LogP contribution >= 0.6 is 0 Å². The van der Waals surface area contributed by atoms with Gasteiger partial charge < -0.3 is 4.74 Å². The Morgan fingerprint density at radius 3 is 2.16 bits per heavy atom. The molecule has 0 radical (unpaired) electrons. The molecule has 1 aromatic rings. The van der Waals surface area contributed by atoms with Crippen molar-refractivity contribution in [1.82, 2.24) is 0 Å². The fourth-order valence-electron chi connectivity index (χ4n) is 1.24. The SMILES string of the molecule is O=[N+]([O-])c1cccc(OCC(F)(F)F)c1C(F)(F)F. The van der Waals surface area contributed by atoms with E-state index in [9.17, 15) is 36.5 Å². The van der Waals surface area contributed by atoms with Crippen molar-refractivity contribution in [1.29, 1.82) is 0 Å². The molecule has 1 aromatic carbocycles. The molecule has 0 atom stereocenters. The molecule has 0 aliphatic heterocycles. The van der Waals surface area contributed by atoms with Crippen LogP contribution in [0.25, 0.3) is 0 Å². The maximum atomic E-state index is 12.6. The quantitative estimate of drug-likeness (QED) is 0.485. The van der Waals surface area contributed by atoms with E-state index in [1.54, 1.807) is 0 Å². The van der Waals surface area contributed by atoms with Gasteiger partial charge in [0, 0.05) is 6.07 Å². The number of halogens is 6. The van der Waals surface area contributed by atoms with E-state index in [4.69, 9.17) is 0 Å². The minimum atomic E-state index is -5.20. The lowest BCUT2D eigenvalue weighted by Gasteiger charge is -2.14. The number of rotatable bonds is 3. The molecule has 0 aromatic heterocycles. The summed E-state index contributed by atoms with van der Waals surface area (Å²) in [5.41, 5.74) is -3.21. The largest absolute Gasteiger partial charge is 0.483 e. The smallest absolute Gasteiger partial charge is 0.426 e. The second-order valence-corrected chi connectivity index (χ2v) is 3.31. The summed E-state index contributed by atoms with van der Waals surface area (Å²) < 4.78 is 77.5. The fraction of sp³-hybridized carbons (Fsp3) is 0.333. The molecule has 0 aliphatic carbocycles. The van der Waals surface area contributed by atoms with Crippen molar-refractivity contribution in [3.63, 3.8) is 0 Å². The highest BCUT2D eigenvalue weighted by molar-refractivity contribution is 5.51. The maximum absolute atomic E-state index is 12.6. The molecule has 0 unspecified atom stereocenters. The number of hydrogen-bond acceptors (Lipinski definition) is 3. The minimum Gasteiger partial charge on any atom is -0.483 e. The average molecular weight is 289 g/mol. The number of benzene rings is 1. The highest BCUT2D eigenvalue weighted by Gasteiger charge is 2.42. The molecule has 0 amide bonds. The van der Waals surface area contributed by atoms with Gasteiger partial charge in [0.15, 0.2) is 12.2 Å². The van der Waals surface area contributed by atoms with E-state index in [-0.39, 0.29) is 0 Å². The lowest BCUT2D eigenvalue weighted by Crippen LogP contribution is -2.21. The van der Waals surface area contributed by atoms with Crippen LogP contribution in [0.15, 0.2) is 18.2 Å². The van der Waals surface area contributed by atoms with Crippen molar-refractivity contribution in [3.8, 4) is 5.75 Å². The Morgan fingerprint density at radius 2 is 1.74 bits per heavy atom. The molecule has 0 heterocycles. The molecular weight excluding hydrogens is 284 g/mol. The number of alkyl halides is 6. The summed E-state index contributed by atoms with van der Waals surface area (Å²) >= 11 is 0. The first kappa shape index (κ1) is 15.1. The van der Waals surface area contributed by atoms with Crippen LogP contribution in [0, 0.1) is 10.1 Å². The number of ether oxygens (including phenoxy) is 1. The van der Waals surface area contributed by atoms with E-state index in [1.165, 1.54) is 0 Å². The Balaban J connectivity index is 3.24. The summed E-state index contributed by atoms with van der Waals surface area (Å²) in [6, 6.07) is 1.92. The minimum absolute atomic E-state index is 0.531. The van der Waals surface area contributed by atoms with E-state index in [0.717, 1.165) is 6.07 Å². The zero-order valence-corrected chi connectivity index (χ0v) is 8.88. The number of nitrogens with zero attached hydrogens (tertiary/aromatic N) is 1. The van der Waals surface area contributed by atoms with Crippen molar-refractivity contribution in [2.45, 2.75) is 12.4 Å². The van der Waals surface area contributed by atoms with Crippen molar-refractivity contribution >= 4 is 5.69 Å². The first-order valence-corrected chi connectivity index (χ1v) is 4.56. The summed E-state index contributed by atoms with van der Waals surface area (Å²) in [5, 5.41) is 10.4. The molecule has 10 heteroatoms. The molecule has 0 spiro atoms. The van der Waals surface area contributed by atoms with E-state index in [1.807, 2.05) is 0 Å². The van der Waals surface area contributed by atoms with Crippen LogP contribution in [-0.2, 0) is 6.18 Å². The molecule has 106 valence electrons. The van der Waals surface area contributed by atoms with E-state index >= 15 is 0 Å². The van der Waals surface area contributed by atoms with Crippen LogP contribution in [0.1, 0.15) is 5.56 Å². The van der Waals surface area contributed by atoms with Crippen LogP contribution in [0.4, 0.5) is 32.0 Å². The second-order valence-electron chi connectivity index (χ2n) is 3.31. The molecule has 0 N–H and O–H groups in total. The maximum Gasteiger partial charge on any atom is 0.426 e. The van der Waals surface area contributed by atoms with Gasteiger partial charge in [0.25, 0.3) is 5.69 Å².